The van der Waals surface area contributed by atoms with Crippen molar-refractivity contribution < 1.29 is 19.4 Å². The number of fused-ring (bicyclic) bond motifs is 2. The van der Waals surface area contributed by atoms with E-state index in [-0.39, 0.29) is 30.9 Å². The molecule has 0 aromatic carbocycles. The van der Waals surface area contributed by atoms with Crippen LogP contribution in [0.2, 0.25) is 0 Å². The molecule has 1 amide bonds. The maximum atomic E-state index is 12.5. The van der Waals surface area contributed by atoms with E-state index >= 15 is 0 Å². The standard InChI is InChI=1S/C19H28N2O4/c1-12-7-13(11-22)8-17(20-12)24-16-9-14-5-6-15(10-16)21(14)18(23)25-19(2,3)4/h7-8,14-16,22H,5-6,9-11H2,1-4H3/t14-,15+,16+. The summed E-state index contributed by atoms with van der Waals surface area (Å²) in [4.78, 5) is 18.8. The van der Waals surface area contributed by atoms with Crippen LogP contribution in [0.25, 0.3) is 0 Å². The third-order valence-electron chi connectivity index (χ3n) is 4.75. The molecule has 1 N–H and O–H groups in total. The lowest BCUT2D eigenvalue weighted by Gasteiger charge is -2.39. The molecule has 6 heteroatoms. The van der Waals surface area contributed by atoms with E-state index in [1.807, 2.05) is 38.7 Å². The Bertz CT molecular complexity index is 627. The molecule has 2 aliphatic heterocycles. The Kier molecular flexibility index (Phi) is 4.91. The highest BCUT2D eigenvalue weighted by Gasteiger charge is 2.45. The van der Waals surface area contributed by atoms with Gasteiger partial charge in [-0.1, -0.05) is 0 Å². The van der Waals surface area contributed by atoms with Gasteiger partial charge in [-0.3, -0.25) is 0 Å². The predicted octanol–water partition coefficient (Wildman–Crippen LogP) is 3.19. The molecule has 3 heterocycles. The van der Waals surface area contributed by atoms with Gasteiger partial charge in [-0.25, -0.2) is 9.78 Å². The average Bonchev–Trinajstić information content (AvgIpc) is 2.76. The van der Waals surface area contributed by atoms with E-state index in [4.69, 9.17) is 9.47 Å². The number of hydrogen-bond acceptors (Lipinski definition) is 5. The summed E-state index contributed by atoms with van der Waals surface area (Å²) in [6.07, 6.45) is 3.39. The van der Waals surface area contributed by atoms with Crippen LogP contribution in [0, 0.1) is 6.92 Å². The van der Waals surface area contributed by atoms with E-state index in [1.165, 1.54) is 0 Å². The number of carbonyl (C=O) groups is 1. The number of rotatable bonds is 3. The molecule has 0 unspecified atom stereocenters. The molecule has 25 heavy (non-hydrogen) atoms. The van der Waals surface area contributed by atoms with Gasteiger partial charge in [0, 0.05) is 36.7 Å². The van der Waals surface area contributed by atoms with E-state index < -0.39 is 5.60 Å². The van der Waals surface area contributed by atoms with Gasteiger partial charge in [0.05, 0.1) is 6.61 Å². The molecule has 0 radical (unpaired) electrons. The molecule has 138 valence electrons. The topological polar surface area (TPSA) is 71.9 Å². The number of pyridine rings is 1. The normalized spacial score (nSPS) is 25.8. The van der Waals surface area contributed by atoms with Crippen LogP contribution in [0.4, 0.5) is 4.79 Å². The van der Waals surface area contributed by atoms with Gasteiger partial charge in [0.25, 0.3) is 0 Å². The third-order valence-corrected chi connectivity index (χ3v) is 4.75. The van der Waals surface area contributed by atoms with Gasteiger partial charge in [-0.15, -0.1) is 0 Å². The van der Waals surface area contributed by atoms with E-state index in [2.05, 4.69) is 4.98 Å². The molecular weight excluding hydrogens is 320 g/mol. The summed E-state index contributed by atoms with van der Waals surface area (Å²) in [6, 6.07) is 3.97. The zero-order valence-corrected chi connectivity index (χ0v) is 15.5. The number of piperidine rings is 1. The molecule has 3 rings (SSSR count). The lowest BCUT2D eigenvalue weighted by molar-refractivity contribution is -0.00762. The molecule has 2 aliphatic rings. The Hall–Kier alpha value is -1.82. The molecule has 1 aromatic rings. The highest BCUT2D eigenvalue weighted by atomic mass is 16.6. The van der Waals surface area contributed by atoms with Crippen LogP contribution >= 0.6 is 0 Å². The summed E-state index contributed by atoms with van der Waals surface area (Å²) in [6.45, 7) is 7.54. The first kappa shape index (κ1) is 18.0. The number of amides is 1. The number of hydrogen-bond donors (Lipinski definition) is 1. The summed E-state index contributed by atoms with van der Waals surface area (Å²) in [5.74, 6) is 0.555. The van der Waals surface area contributed by atoms with Crippen molar-refractivity contribution in [1.82, 2.24) is 9.88 Å². The van der Waals surface area contributed by atoms with Crippen molar-refractivity contribution in [3.8, 4) is 5.88 Å². The Balaban J connectivity index is 1.66. The van der Waals surface area contributed by atoms with Crippen molar-refractivity contribution >= 4 is 6.09 Å². The van der Waals surface area contributed by atoms with E-state index in [1.54, 1.807) is 6.07 Å². The summed E-state index contributed by atoms with van der Waals surface area (Å²) in [5.41, 5.74) is 1.16. The molecule has 6 nitrogen and oxygen atoms in total. The first-order valence-corrected chi connectivity index (χ1v) is 9.01. The number of aliphatic hydroxyl groups excluding tert-OH is 1. The molecule has 0 aliphatic carbocycles. The summed E-state index contributed by atoms with van der Waals surface area (Å²) < 4.78 is 11.7. The molecule has 0 saturated carbocycles. The van der Waals surface area contributed by atoms with Crippen molar-refractivity contribution in [2.24, 2.45) is 0 Å². The fourth-order valence-electron chi connectivity index (χ4n) is 3.87. The zero-order valence-electron chi connectivity index (χ0n) is 15.5. The third kappa shape index (κ3) is 4.24. The van der Waals surface area contributed by atoms with E-state index in [0.29, 0.717) is 5.88 Å². The second kappa shape index (κ2) is 6.83. The molecule has 1 aromatic heterocycles. The Labute approximate surface area is 149 Å². The van der Waals surface area contributed by atoms with Gasteiger partial charge in [-0.2, -0.15) is 0 Å². The van der Waals surface area contributed by atoms with Crippen LogP contribution in [-0.4, -0.2) is 44.9 Å². The van der Waals surface area contributed by atoms with Gasteiger partial charge in [-0.05, 0) is 52.2 Å². The van der Waals surface area contributed by atoms with Crippen LogP contribution in [0.15, 0.2) is 12.1 Å². The van der Waals surface area contributed by atoms with Crippen LogP contribution < -0.4 is 4.74 Å². The predicted molar refractivity (Wildman–Crippen MR) is 93.4 cm³/mol. The van der Waals surface area contributed by atoms with Gasteiger partial charge in [0.15, 0.2) is 0 Å². The number of aliphatic hydroxyl groups is 1. The zero-order chi connectivity index (χ0) is 18.2. The maximum absolute atomic E-state index is 12.5. The van der Waals surface area contributed by atoms with Gasteiger partial charge in [0.1, 0.15) is 11.7 Å². The van der Waals surface area contributed by atoms with Gasteiger partial charge >= 0.3 is 6.09 Å². The SMILES string of the molecule is Cc1cc(CO)cc(O[C@H]2C[C@H]3CC[C@@H](C2)N3C(=O)OC(C)(C)C)n1. The number of carbonyl (C=O) groups excluding carboxylic acids is 1. The highest BCUT2D eigenvalue weighted by molar-refractivity contribution is 5.69. The van der Waals surface area contributed by atoms with Crippen LogP contribution in [0.5, 0.6) is 5.88 Å². The number of aryl methyl sites for hydroxylation is 1. The van der Waals surface area contributed by atoms with E-state index in [9.17, 15) is 9.90 Å². The number of ether oxygens (including phenoxy) is 2. The van der Waals surface area contributed by atoms with Crippen molar-refractivity contribution in [2.45, 2.75) is 83.8 Å². The fraction of sp³-hybridized carbons (Fsp3) is 0.684. The van der Waals surface area contributed by atoms with Crippen LogP contribution in [-0.2, 0) is 11.3 Å². The quantitative estimate of drug-likeness (QED) is 0.908. The minimum atomic E-state index is -0.476. The molecule has 2 fully saturated rings. The fourth-order valence-corrected chi connectivity index (χ4v) is 3.87. The maximum Gasteiger partial charge on any atom is 0.410 e. The average molecular weight is 348 g/mol. The molecule has 3 atom stereocenters. The second-order valence-electron chi connectivity index (χ2n) is 8.10. The van der Waals surface area contributed by atoms with Crippen molar-refractivity contribution in [3.05, 3.63) is 23.4 Å². The largest absolute Gasteiger partial charge is 0.474 e. The summed E-state index contributed by atoms with van der Waals surface area (Å²) >= 11 is 0. The monoisotopic (exact) mass is 348 g/mol. The molecule has 0 spiro atoms. The Morgan fingerprint density at radius 3 is 2.48 bits per heavy atom. The molecular formula is C19H28N2O4. The van der Waals surface area contributed by atoms with Gasteiger partial charge in [0.2, 0.25) is 5.88 Å². The minimum absolute atomic E-state index is 0.0257. The van der Waals surface area contributed by atoms with Gasteiger partial charge < -0.3 is 19.5 Å². The van der Waals surface area contributed by atoms with Crippen molar-refractivity contribution in [3.63, 3.8) is 0 Å². The van der Waals surface area contributed by atoms with Crippen molar-refractivity contribution in [2.75, 3.05) is 0 Å². The van der Waals surface area contributed by atoms with E-state index in [0.717, 1.165) is 36.9 Å². The summed E-state index contributed by atoms with van der Waals surface area (Å²) in [5, 5.41) is 9.33. The molecule has 2 bridgehead atoms. The van der Waals surface area contributed by atoms with Crippen molar-refractivity contribution in [1.29, 1.82) is 0 Å². The summed E-state index contributed by atoms with van der Waals surface area (Å²) in [7, 11) is 0. The number of aromatic nitrogens is 1. The number of nitrogens with zero attached hydrogens (tertiary/aromatic N) is 2. The lowest BCUT2D eigenvalue weighted by atomic mass is 10.00. The lowest BCUT2D eigenvalue weighted by Crippen LogP contribution is -2.50. The Morgan fingerprint density at radius 2 is 1.92 bits per heavy atom. The highest BCUT2D eigenvalue weighted by Crippen LogP contribution is 2.38. The Morgan fingerprint density at radius 1 is 1.28 bits per heavy atom. The van der Waals surface area contributed by atoms with Crippen LogP contribution in [0.1, 0.15) is 57.7 Å². The second-order valence-corrected chi connectivity index (χ2v) is 8.10. The smallest absolute Gasteiger partial charge is 0.410 e. The first-order chi connectivity index (χ1) is 11.7. The minimum Gasteiger partial charge on any atom is -0.474 e. The first-order valence-electron chi connectivity index (χ1n) is 9.01. The molecule has 2 saturated heterocycles. The van der Waals surface area contributed by atoms with Crippen LogP contribution in [0.3, 0.4) is 0 Å².